The molecule has 0 fully saturated rings. The van der Waals surface area contributed by atoms with E-state index in [0.717, 1.165) is 28.0 Å². The lowest BCUT2D eigenvalue weighted by atomic mass is 10.1. The van der Waals surface area contributed by atoms with E-state index in [1.54, 1.807) is 6.20 Å². The van der Waals surface area contributed by atoms with Crippen LogP contribution in [0.15, 0.2) is 42.9 Å². The molecule has 0 saturated carbocycles. The average Bonchev–Trinajstić information content (AvgIpc) is 2.89. The minimum absolute atomic E-state index is 0.516. The molecule has 2 heterocycles. The summed E-state index contributed by atoms with van der Waals surface area (Å²) in [6.45, 7) is 1.05. The zero-order valence-electron chi connectivity index (χ0n) is 10.3. The Hall–Kier alpha value is -2.40. The van der Waals surface area contributed by atoms with Gasteiger partial charge in [0.05, 0.1) is 0 Å². The molecule has 3 N–H and O–H groups in total. The molecule has 0 amide bonds. The summed E-state index contributed by atoms with van der Waals surface area (Å²) >= 11 is 0. The number of H-pyrrole nitrogens is 1. The lowest BCUT2D eigenvalue weighted by Gasteiger charge is -2.04. The summed E-state index contributed by atoms with van der Waals surface area (Å²) in [5.41, 5.74) is 8.33. The van der Waals surface area contributed by atoms with Crippen molar-refractivity contribution in [3.8, 4) is 17.0 Å². The Labute approximate surface area is 110 Å². The largest absolute Gasteiger partial charge is 0.492 e. The maximum absolute atomic E-state index is 5.45. The van der Waals surface area contributed by atoms with E-state index >= 15 is 0 Å². The second kappa shape index (κ2) is 5.07. The Morgan fingerprint density at radius 2 is 2.05 bits per heavy atom. The van der Waals surface area contributed by atoms with Gasteiger partial charge in [-0.25, -0.2) is 9.97 Å². The van der Waals surface area contributed by atoms with Crippen LogP contribution in [0.3, 0.4) is 0 Å². The summed E-state index contributed by atoms with van der Waals surface area (Å²) in [6, 6.07) is 9.91. The summed E-state index contributed by atoms with van der Waals surface area (Å²) in [7, 11) is 0. The molecule has 0 unspecified atom stereocenters. The van der Waals surface area contributed by atoms with Gasteiger partial charge >= 0.3 is 0 Å². The molecule has 0 radical (unpaired) electrons. The fraction of sp³-hybridized carbons (Fsp3) is 0.143. The van der Waals surface area contributed by atoms with Gasteiger partial charge in [0.2, 0.25) is 0 Å². The van der Waals surface area contributed by atoms with Gasteiger partial charge in [-0.3, -0.25) is 0 Å². The van der Waals surface area contributed by atoms with Gasteiger partial charge in [-0.15, -0.1) is 0 Å². The number of hydrogen-bond acceptors (Lipinski definition) is 4. The molecule has 3 rings (SSSR count). The molecular weight excluding hydrogens is 240 g/mol. The number of hydrogen-bond donors (Lipinski definition) is 2. The monoisotopic (exact) mass is 254 g/mol. The number of nitrogens with two attached hydrogens (primary N) is 1. The van der Waals surface area contributed by atoms with E-state index in [1.807, 2.05) is 30.3 Å². The van der Waals surface area contributed by atoms with Gasteiger partial charge in [0.25, 0.3) is 0 Å². The van der Waals surface area contributed by atoms with Crippen molar-refractivity contribution < 1.29 is 4.74 Å². The molecule has 0 atom stereocenters. The van der Waals surface area contributed by atoms with E-state index in [4.69, 9.17) is 10.5 Å². The average molecular weight is 254 g/mol. The summed E-state index contributed by atoms with van der Waals surface area (Å²) in [5, 5.41) is 1.00. The first-order valence-corrected chi connectivity index (χ1v) is 6.09. The first-order chi connectivity index (χ1) is 9.36. The number of nitrogens with zero attached hydrogens (tertiary/aromatic N) is 2. The Morgan fingerprint density at radius 1 is 1.21 bits per heavy atom. The van der Waals surface area contributed by atoms with Gasteiger partial charge in [0.15, 0.2) is 0 Å². The zero-order chi connectivity index (χ0) is 13.1. The first-order valence-electron chi connectivity index (χ1n) is 6.09. The molecule has 2 aromatic heterocycles. The van der Waals surface area contributed by atoms with Gasteiger partial charge in [-0.2, -0.15) is 0 Å². The molecule has 0 saturated heterocycles. The van der Waals surface area contributed by atoms with E-state index in [2.05, 4.69) is 15.0 Å². The molecule has 19 heavy (non-hydrogen) atoms. The van der Waals surface area contributed by atoms with Crippen LogP contribution < -0.4 is 10.5 Å². The normalized spacial score (nSPS) is 10.8. The molecular formula is C14H14N4O. The Balaban J connectivity index is 1.88. The van der Waals surface area contributed by atoms with Crippen molar-refractivity contribution in [2.24, 2.45) is 5.73 Å². The highest BCUT2D eigenvalue weighted by Crippen LogP contribution is 2.24. The standard InChI is InChI=1S/C14H14N4O/c15-5-6-19-12-3-1-10(2-4-12)13-7-11-8-16-9-17-14(11)18-13/h1-4,7-9H,5-6,15H2,(H,16,17,18). The zero-order valence-corrected chi connectivity index (χ0v) is 10.3. The predicted octanol–water partition coefficient (Wildman–Crippen LogP) is 1.96. The molecule has 0 spiro atoms. The number of rotatable bonds is 4. The van der Waals surface area contributed by atoms with Crippen LogP contribution in [0.25, 0.3) is 22.3 Å². The van der Waals surface area contributed by atoms with Crippen molar-refractivity contribution in [1.29, 1.82) is 0 Å². The summed E-state index contributed by atoms with van der Waals surface area (Å²) in [5.74, 6) is 0.824. The Morgan fingerprint density at radius 3 is 2.79 bits per heavy atom. The molecule has 0 aliphatic rings. The maximum atomic E-state index is 5.45. The summed E-state index contributed by atoms with van der Waals surface area (Å²) < 4.78 is 5.45. The Kier molecular flexibility index (Phi) is 3.12. The van der Waals surface area contributed by atoms with Gasteiger partial charge in [-0.1, -0.05) is 0 Å². The smallest absolute Gasteiger partial charge is 0.141 e. The van der Waals surface area contributed by atoms with Gasteiger partial charge in [0, 0.05) is 23.8 Å². The minimum Gasteiger partial charge on any atom is -0.492 e. The van der Waals surface area contributed by atoms with Gasteiger partial charge in [0.1, 0.15) is 24.3 Å². The van der Waals surface area contributed by atoms with Crippen LogP contribution in [0, 0.1) is 0 Å². The van der Waals surface area contributed by atoms with Crippen molar-refractivity contribution in [1.82, 2.24) is 15.0 Å². The quantitative estimate of drug-likeness (QED) is 0.746. The van der Waals surface area contributed by atoms with Crippen LogP contribution in [-0.2, 0) is 0 Å². The Bertz CT molecular complexity index is 642. The van der Waals surface area contributed by atoms with Crippen molar-refractivity contribution in [2.75, 3.05) is 13.2 Å². The van der Waals surface area contributed by atoms with Crippen molar-refractivity contribution in [2.45, 2.75) is 0 Å². The second-order valence-corrected chi connectivity index (χ2v) is 4.17. The van der Waals surface area contributed by atoms with Crippen LogP contribution in [0.1, 0.15) is 0 Å². The third-order valence-electron chi connectivity index (χ3n) is 2.85. The number of aromatic amines is 1. The molecule has 96 valence electrons. The SMILES string of the molecule is NCCOc1ccc(-c2cc3cncnc3[nH]2)cc1. The third-order valence-corrected chi connectivity index (χ3v) is 2.85. The van der Waals surface area contributed by atoms with Crippen LogP contribution >= 0.6 is 0 Å². The third kappa shape index (κ3) is 2.41. The number of ether oxygens (including phenoxy) is 1. The topological polar surface area (TPSA) is 76.8 Å². The summed E-state index contributed by atoms with van der Waals surface area (Å²) in [6.07, 6.45) is 3.33. The van der Waals surface area contributed by atoms with Crippen LogP contribution in [-0.4, -0.2) is 28.1 Å². The predicted molar refractivity (Wildman–Crippen MR) is 73.9 cm³/mol. The molecule has 5 heteroatoms. The lowest BCUT2D eigenvalue weighted by molar-refractivity contribution is 0.328. The van der Waals surface area contributed by atoms with E-state index in [0.29, 0.717) is 13.2 Å². The summed E-state index contributed by atoms with van der Waals surface area (Å²) in [4.78, 5) is 11.4. The van der Waals surface area contributed by atoms with Crippen LogP contribution in [0.4, 0.5) is 0 Å². The van der Waals surface area contributed by atoms with E-state index in [1.165, 1.54) is 6.33 Å². The first kappa shape index (κ1) is 11.7. The van der Waals surface area contributed by atoms with Crippen molar-refractivity contribution in [3.05, 3.63) is 42.9 Å². The molecule has 3 aromatic rings. The molecule has 1 aromatic carbocycles. The second-order valence-electron chi connectivity index (χ2n) is 4.17. The fourth-order valence-corrected chi connectivity index (χ4v) is 1.93. The van der Waals surface area contributed by atoms with Gasteiger partial charge < -0.3 is 15.5 Å². The van der Waals surface area contributed by atoms with Crippen LogP contribution in [0.2, 0.25) is 0 Å². The lowest BCUT2D eigenvalue weighted by Crippen LogP contribution is -2.10. The molecule has 0 aliphatic carbocycles. The van der Waals surface area contributed by atoms with Crippen molar-refractivity contribution >= 4 is 11.0 Å². The minimum atomic E-state index is 0.516. The van der Waals surface area contributed by atoms with Crippen molar-refractivity contribution in [3.63, 3.8) is 0 Å². The molecule has 0 aliphatic heterocycles. The highest BCUT2D eigenvalue weighted by Gasteiger charge is 2.04. The van der Waals surface area contributed by atoms with E-state index < -0.39 is 0 Å². The fourth-order valence-electron chi connectivity index (χ4n) is 1.93. The number of fused-ring (bicyclic) bond motifs is 1. The number of nitrogens with one attached hydrogen (secondary N) is 1. The maximum Gasteiger partial charge on any atom is 0.141 e. The van der Waals surface area contributed by atoms with E-state index in [-0.39, 0.29) is 0 Å². The number of aromatic nitrogens is 3. The molecule has 0 bridgehead atoms. The highest BCUT2D eigenvalue weighted by molar-refractivity contribution is 5.82. The van der Waals surface area contributed by atoms with Gasteiger partial charge in [-0.05, 0) is 35.9 Å². The molecule has 5 nitrogen and oxygen atoms in total. The van der Waals surface area contributed by atoms with E-state index in [9.17, 15) is 0 Å². The highest BCUT2D eigenvalue weighted by atomic mass is 16.5. The van der Waals surface area contributed by atoms with Crippen LogP contribution in [0.5, 0.6) is 5.75 Å². The number of benzene rings is 1.